The zero-order chi connectivity index (χ0) is 5.70. The molecule has 0 saturated heterocycles. The largest absolute Gasteiger partial charge is 0.449 e. The van der Waals surface area contributed by atoms with E-state index in [-0.39, 0.29) is 0 Å². The Bertz CT molecular complexity index is 87.7. The molecular weight excluding hydrogens is 92.1 g/mol. The monoisotopic (exact) mass is 100 g/mol. The summed E-state index contributed by atoms with van der Waals surface area (Å²) in [5.74, 6) is 5.26. The summed E-state index contributed by atoms with van der Waals surface area (Å²) >= 11 is 0. The molecule has 0 atom stereocenters. The number of hydrogen-bond acceptors (Lipinski definition) is 3. The van der Waals surface area contributed by atoms with Crippen molar-refractivity contribution in [1.82, 2.24) is 0 Å². The molecule has 0 bridgehead atoms. The highest BCUT2D eigenvalue weighted by Crippen LogP contribution is 1.82. The molecule has 3 nitrogen and oxygen atoms in total. The van der Waals surface area contributed by atoms with E-state index < -0.39 is 0 Å². The zero-order valence-corrected chi connectivity index (χ0v) is 4.22. The minimum Gasteiger partial charge on any atom is -0.449 e. The average molecular weight is 100 g/mol. The molecule has 0 unspecified atom stereocenters. The highest BCUT2D eigenvalue weighted by Gasteiger charge is 1.72. The molecule has 0 saturated carbocycles. The van der Waals surface area contributed by atoms with E-state index in [9.17, 15) is 0 Å². The normalized spacial score (nSPS) is 9.29. The van der Waals surface area contributed by atoms with Crippen molar-refractivity contribution in [2.24, 2.45) is 10.9 Å². The Hall–Kier alpha value is -0.990. The van der Waals surface area contributed by atoms with Crippen LogP contribution >= 0.6 is 0 Å². The van der Waals surface area contributed by atoms with Gasteiger partial charge >= 0.3 is 0 Å². The van der Waals surface area contributed by atoms with Gasteiger partial charge in [0, 0.05) is 0 Å². The van der Waals surface area contributed by atoms with Crippen molar-refractivity contribution in [3.8, 4) is 0 Å². The number of nitrogens with zero attached hydrogens (tertiary/aromatic N) is 1. The molecule has 0 fully saturated rings. The average Bonchev–Trinajstić information content (AvgIpc) is 1.61. The summed E-state index contributed by atoms with van der Waals surface area (Å²) in [4.78, 5) is 0. The molecule has 0 aromatic rings. The van der Waals surface area contributed by atoms with Gasteiger partial charge in [0.05, 0.1) is 5.76 Å². The fourth-order valence-electron chi connectivity index (χ4n) is 0.120. The van der Waals surface area contributed by atoms with Gasteiger partial charge in [-0.3, -0.25) is 0 Å². The number of hydrogen-bond donors (Lipinski definition) is 1. The van der Waals surface area contributed by atoms with Gasteiger partial charge in [-0.15, -0.1) is 0 Å². The van der Waals surface area contributed by atoms with Gasteiger partial charge in [-0.2, -0.15) is 5.10 Å². The third-order valence-electron chi connectivity index (χ3n) is 0.315. The van der Waals surface area contributed by atoms with Gasteiger partial charge in [-0.05, 0) is 6.92 Å². The highest BCUT2D eigenvalue weighted by atomic mass is 16.5. The lowest BCUT2D eigenvalue weighted by atomic mass is 10.7. The first-order chi connectivity index (χ1) is 3.27. The lowest BCUT2D eigenvalue weighted by Gasteiger charge is -1.90. The summed E-state index contributed by atoms with van der Waals surface area (Å²) < 4.78 is 4.58. The molecule has 0 aromatic carbocycles. The van der Waals surface area contributed by atoms with Crippen molar-refractivity contribution in [2.75, 3.05) is 0 Å². The van der Waals surface area contributed by atoms with Crippen LogP contribution in [0.5, 0.6) is 0 Å². The molecule has 0 amide bonds. The Labute approximate surface area is 42.5 Å². The van der Waals surface area contributed by atoms with E-state index in [2.05, 4.69) is 22.3 Å². The standard InChI is InChI=1S/C4H8N2O/c1-4(2)7-3-6-5/h3H,1,5H2,2H3/b6-3-. The van der Waals surface area contributed by atoms with Crippen LogP contribution in [0.1, 0.15) is 6.92 Å². The fraction of sp³-hybridized carbons (Fsp3) is 0.250. The van der Waals surface area contributed by atoms with E-state index in [1.54, 1.807) is 6.92 Å². The van der Waals surface area contributed by atoms with Crippen LogP contribution < -0.4 is 5.84 Å². The molecule has 0 aromatic heterocycles. The van der Waals surface area contributed by atoms with Crippen molar-refractivity contribution < 1.29 is 4.74 Å². The van der Waals surface area contributed by atoms with E-state index in [0.29, 0.717) is 5.76 Å². The summed E-state index contributed by atoms with van der Waals surface area (Å²) in [6.07, 6.45) is 1.13. The van der Waals surface area contributed by atoms with E-state index in [1.165, 1.54) is 0 Å². The van der Waals surface area contributed by atoms with Gasteiger partial charge in [0.15, 0.2) is 6.40 Å². The van der Waals surface area contributed by atoms with Crippen LogP contribution in [0, 0.1) is 0 Å². The Balaban J connectivity index is 3.14. The quantitative estimate of drug-likeness (QED) is 0.180. The number of nitrogens with two attached hydrogens (primary N) is 1. The molecule has 0 rings (SSSR count). The Morgan fingerprint density at radius 3 is 2.71 bits per heavy atom. The van der Waals surface area contributed by atoms with Crippen molar-refractivity contribution in [2.45, 2.75) is 6.92 Å². The predicted molar refractivity (Wildman–Crippen MR) is 28.6 cm³/mol. The van der Waals surface area contributed by atoms with Gasteiger partial charge in [0.1, 0.15) is 0 Å². The van der Waals surface area contributed by atoms with Crippen molar-refractivity contribution in [3.63, 3.8) is 0 Å². The van der Waals surface area contributed by atoms with Gasteiger partial charge in [0.25, 0.3) is 0 Å². The molecule has 2 N–H and O–H groups in total. The number of rotatable bonds is 2. The molecule has 0 aliphatic rings. The highest BCUT2D eigenvalue weighted by molar-refractivity contribution is 5.47. The molecular formula is C4H8N2O. The summed E-state index contributed by atoms with van der Waals surface area (Å²) in [6, 6.07) is 0. The maximum Gasteiger partial charge on any atom is 0.198 e. The van der Waals surface area contributed by atoms with E-state index in [1.807, 2.05) is 0 Å². The number of hydrazone groups is 1. The topological polar surface area (TPSA) is 47.6 Å². The first-order valence-electron chi connectivity index (χ1n) is 1.81. The zero-order valence-electron chi connectivity index (χ0n) is 4.22. The SMILES string of the molecule is C=C(C)O/C=N\N. The second kappa shape index (κ2) is 3.21. The van der Waals surface area contributed by atoms with Crippen LogP contribution in [-0.2, 0) is 4.74 Å². The van der Waals surface area contributed by atoms with Gasteiger partial charge in [-0.25, -0.2) is 0 Å². The smallest absolute Gasteiger partial charge is 0.198 e. The van der Waals surface area contributed by atoms with Crippen LogP contribution in [0.3, 0.4) is 0 Å². The maximum atomic E-state index is 4.68. The van der Waals surface area contributed by atoms with Crippen LogP contribution in [0.4, 0.5) is 0 Å². The lowest BCUT2D eigenvalue weighted by Crippen LogP contribution is -1.86. The molecule has 0 aliphatic heterocycles. The Morgan fingerprint density at radius 2 is 2.57 bits per heavy atom. The van der Waals surface area contributed by atoms with Gasteiger partial charge < -0.3 is 10.6 Å². The molecule has 0 spiro atoms. The first-order valence-corrected chi connectivity index (χ1v) is 1.81. The maximum absolute atomic E-state index is 4.68. The van der Waals surface area contributed by atoms with Crippen molar-refractivity contribution in [3.05, 3.63) is 12.3 Å². The van der Waals surface area contributed by atoms with Crippen molar-refractivity contribution in [1.29, 1.82) is 0 Å². The molecule has 40 valence electrons. The van der Waals surface area contributed by atoms with E-state index >= 15 is 0 Å². The third kappa shape index (κ3) is 5.01. The molecule has 0 heterocycles. The van der Waals surface area contributed by atoms with E-state index in [0.717, 1.165) is 6.40 Å². The predicted octanol–water partition coefficient (Wildman–Crippen LogP) is 0.439. The minimum atomic E-state index is 0.578. The second-order valence-electron chi connectivity index (χ2n) is 1.07. The van der Waals surface area contributed by atoms with Crippen LogP contribution in [0.2, 0.25) is 0 Å². The summed E-state index contributed by atoms with van der Waals surface area (Å²) in [5, 5.41) is 3.07. The minimum absolute atomic E-state index is 0.578. The van der Waals surface area contributed by atoms with Crippen LogP contribution in [0.15, 0.2) is 17.4 Å². The van der Waals surface area contributed by atoms with Gasteiger partial charge in [0.2, 0.25) is 0 Å². The first kappa shape index (κ1) is 6.01. The molecule has 0 aliphatic carbocycles. The molecule has 7 heavy (non-hydrogen) atoms. The fourth-order valence-corrected chi connectivity index (χ4v) is 0.120. The van der Waals surface area contributed by atoms with Crippen LogP contribution in [0.25, 0.3) is 0 Å². The third-order valence-corrected chi connectivity index (χ3v) is 0.315. The Morgan fingerprint density at radius 1 is 2.00 bits per heavy atom. The van der Waals surface area contributed by atoms with E-state index in [4.69, 9.17) is 0 Å². The van der Waals surface area contributed by atoms with Crippen molar-refractivity contribution >= 4 is 6.40 Å². The van der Waals surface area contributed by atoms with Crippen LogP contribution in [-0.4, -0.2) is 6.40 Å². The molecule has 0 radical (unpaired) electrons. The summed E-state index contributed by atoms with van der Waals surface area (Å²) in [5.41, 5.74) is 0. The summed E-state index contributed by atoms with van der Waals surface area (Å²) in [6.45, 7) is 5.13. The Kier molecular flexibility index (Phi) is 2.76. The molecule has 3 heteroatoms. The number of ether oxygens (including phenoxy) is 1. The summed E-state index contributed by atoms with van der Waals surface area (Å²) in [7, 11) is 0. The number of allylic oxidation sites excluding steroid dienone is 1. The second-order valence-corrected chi connectivity index (χ2v) is 1.07. The lowest BCUT2D eigenvalue weighted by molar-refractivity contribution is 0.437. The van der Waals surface area contributed by atoms with Gasteiger partial charge in [-0.1, -0.05) is 6.58 Å².